The Morgan fingerprint density at radius 1 is 0.500 bits per heavy atom. The van der Waals surface area contributed by atoms with Gasteiger partial charge in [0, 0.05) is 38.5 Å². The van der Waals surface area contributed by atoms with E-state index in [4.69, 9.17) is 6.57 Å². The van der Waals surface area contributed by atoms with E-state index in [0.717, 1.165) is 66.5 Å². The molecular formula is C44H26N4. The van der Waals surface area contributed by atoms with E-state index < -0.39 is 0 Å². The molecule has 9 aromatic rings. The molecule has 0 N–H and O–H groups in total. The minimum atomic E-state index is 0.615. The largest absolute Gasteiger partial charge is 0.311 e. The van der Waals surface area contributed by atoms with Crippen molar-refractivity contribution in [3.8, 4) is 39.7 Å². The summed E-state index contributed by atoms with van der Waals surface area (Å²) in [5.74, 6) is 0. The second-order valence-corrected chi connectivity index (χ2v) is 11.9. The Bertz CT molecular complexity index is 2760. The van der Waals surface area contributed by atoms with Gasteiger partial charge in [0.2, 0.25) is 0 Å². The fraction of sp³-hybridized carbons (Fsp3) is 0. The third-order valence-corrected chi connectivity index (χ3v) is 9.39. The molecule has 0 saturated heterocycles. The van der Waals surface area contributed by atoms with E-state index in [0.29, 0.717) is 11.3 Å². The maximum Gasteiger partial charge on any atom is 0.197 e. The highest BCUT2D eigenvalue weighted by molar-refractivity contribution is 6.15. The van der Waals surface area contributed by atoms with Crippen LogP contribution in [0.5, 0.6) is 0 Å². The molecule has 0 unspecified atom stereocenters. The van der Waals surface area contributed by atoms with E-state index in [9.17, 15) is 5.26 Å². The normalized spacial score (nSPS) is 11.3. The Morgan fingerprint density at radius 3 is 1.83 bits per heavy atom. The molecule has 0 saturated carbocycles. The summed E-state index contributed by atoms with van der Waals surface area (Å²) in [4.78, 5) is 3.83. The zero-order valence-corrected chi connectivity index (χ0v) is 25.8. The minimum absolute atomic E-state index is 0.615. The Labute approximate surface area is 277 Å². The van der Waals surface area contributed by atoms with E-state index in [1.165, 1.54) is 10.8 Å². The third kappa shape index (κ3) is 4.07. The molecule has 0 aliphatic carbocycles. The van der Waals surface area contributed by atoms with Gasteiger partial charge in [0.25, 0.3) is 0 Å². The van der Waals surface area contributed by atoms with Crippen LogP contribution in [0.4, 0.5) is 5.69 Å². The van der Waals surface area contributed by atoms with Gasteiger partial charge in [-0.2, -0.15) is 5.26 Å². The van der Waals surface area contributed by atoms with Crippen LogP contribution in [0.25, 0.3) is 82.1 Å². The van der Waals surface area contributed by atoms with Gasteiger partial charge in [-0.05, 0) is 65.0 Å². The average Bonchev–Trinajstić information content (AvgIpc) is 3.68. The molecule has 0 spiro atoms. The fourth-order valence-corrected chi connectivity index (χ4v) is 7.33. The van der Waals surface area contributed by atoms with E-state index in [1.54, 1.807) is 0 Å². The van der Waals surface area contributed by atoms with Crippen molar-refractivity contribution in [2.45, 2.75) is 0 Å². The van der Waals surface area contributed by atoms with Crippen LogP contribution in [0.1, 0.15) is 5.56 Å². The topological polar surface area (TPSA) is 38.0 Å². The first-order chi connectivity index (χ1) is 23.7. The van der Waals surface area contributed by atoms with Crippen LogP contribution in [-0.4, -0.2) is 9.13 Å². The monoisotopic (exact) mass is 610 g/mol. The number of nitriles is 1. The summed E-state index contributed by atoms with van der Waals surface area (Å²) in [5.41, 5.74) is 11.5. The zero-order valence-electron chi connectivity index (χ0n) is 25.8. The van der Waals surface area contributed by atoms with Crippen molar-refractivity contribution in [2.24, 2.45) is 0 Å². The van der Waals surface area contributed by atoms with Gasteiger partial charge in [-0.1, -0.05) is 109 Å². The zero-order chi connectivity index (χ0) is 32.2. The average molecular weight is 611 g/mol. The number of nitrogens with zero attached hydrogens (tertiary/aromatic N) is 4. The summed E-state index contributed by atoms with van der Waals surface area (Å²) in [6.07, 6.45) is 0. The Kier molecular flexibility index (Phi) is 6.22. The first-order valence-electron chi connectivity index (χ1n) is 15.9. The van der Waals surface area contributed by atoms with Crippen LogP contribution in [-0.2, 0) is 0 Å². The van der Waals surface area contributed by atoms with Gasteiger partial charge in [0.05, 0.1) is 40.4 Å². The Morgan fingerprint density at radius 2 is 1.10 bits per heavy atom. The summed E-state index contributed by atoms with van der Waals surface area (Å²) >= 11 is 0. The highest BCUT2D eigenvalue weighted by Gasteiger charge is 2.18. The highest BCUT2D eigenvalue weighted by atomic mass is 15.0. The number of fused-ring (bicyclic) bond motifs is 6. The molecular weight excluding hydrogens is 585 g/mol. The van der Waals surface area contributed by atoms with E-state index in [2.05, 4.69) is 141 Å². The van der Waals surface area contributed by atoms with Gasteiger partial charge in [-0.15, -0.1) is 0 Å². The van der Waals surface area contributed by atoms with Crippen LogP contribution >= 0.6 is 0 Å². The number of hydrogen-bond donors (Lipinski definition) is 0. The molecule has 0 aliphatic rings. The third-order valence-electron chi connectivity index (χ3n) is 9.39. The van der Waals surface area contributed by atoms with Gasteiger partial charge in [0.1, 0.15) is 0 Å². The van der Waals surface area contributed by atoms with Crippen molar-refractivity contribution < 1.29 is 0 Å². The number of para-hydroxylation sites is 4. The van der Waals surface area contributed by atoms with Crippen molar-refractivity contribution in [3.05, 3.63) is 175 Å². The van der Waals surface area contributed by atoms with E-state index in [-0.39, 0.29) is 0 Å². The maximum absolute atomic E-state index is 10.5. The smallest absolute Gasteiger partial charge is 0.197 e. The van der Waals surface area contributed by atoms with Gasteiger partial charge in [0.15, 0.2) is 5.69 Å². The standard InChI is InChI=1S/C44H26N4/c1-46-38-18-11-23-43-44(38)37-17-5-9-22-42(37)47(43)32-13-10-12-29(27-32)30-24-25-33(31(26-30)28-45)34-14-2-6-19-39(34)48-40-20-7-3-15-35(40)36-16-4-8-21-41(36)48/h2-27H. The Hall–Kier alpha value is -6.88. The second-order valence-electron chi connectivity index (χ2n) is 11.9. The van der Waals surface area contributed by atoms with Gasteiger partial charge >= 0.3 is 0 Å². The molecule has 0 aliphatic heterocycles. The van der Waals surface area contributed by atoms with Gasteiger partial charge < -0.3 is 9.13 Å². The van der Waals surface area contributed by atoms with Crippen molar-refractivity contribution in [1.82, 2.24) is 9.13 Å². The summed E-state index contributed by atoms with van der Waals surface area (Å²) in [6, 6.07) is 56.6. The lowest BCUT2D eigenvalue weighted by Crippen LogP contribution is -1.98. The highest BCUT2D eigenvalue weighted by Crippen LogP contribution is 2.40. The predicted molar refractivity (Wildman–Crippen MR) is 197 cm³/mol. The minimum Gasteiger partial charge on any atom is -0.311 e. The predicted octanol–water partition coefficient (Wildman–Crippen LogP) is 11.6. The Balaban J connectivity index is 1.19. The molecule has 2 heterocycles. The van der Waals surface area contributed by atoms with Crippen molar-refractivity contribution in [3.63, 3.8) is 0 Å². The van der Waals surface area contributed by atoms with Crippen LogP contribution in [0, 0.1) is 17.9 Å². The first-order valence-corrected chi connectivity index (χ1v) is 15.9. The quantitative estimate of drug-likeness (QED) is 0.183. The molecule has 9 rings (SSSR count). The van der Waals surface area contributed by atoms with Crippen molar-refractivity contribution in [2.75, 3.05) is 0 Å². The van der Waals surface area contributed by atoms with Gasteiger partial charge in [-0.25, -0.2) is 4.85 Å². The molecule has 0 bridgehead atoms. The second kappa shape index (κ2) is 10.9. The number of aromatic nitrogens is 2. The summed E-state index contributed by atoms with van der Waals surface area (Å²) in [5, 5.41) is 14.9. The summed E-state index contributed by atoms with van der Waals surface area (Å²) in [7, 11) is 0. The molecule has 0 radical (unpaired) electrons. The van der Waals surface area contributed by atoms with E-state index >= 15 is 0 Å². The molecule has 0 atom stereocenters. The van der Waals surface area contributed by atoms with Crippen LogP contribution in [0.3, 0.4) is 0 Å². The molecule has 4 heteroatoms. The van der Waals surface area contributed by atoms with Crippen molar-refractivity contribution in [1.29, 1.82) is 5.26 Å². The number of hydrogen-bond acceptors (Lipinski definition) is 1. The molecule has 4 nitrogen and oxygen atoms in total. The van der Waals surface area contributed by atoms with Gasteiger partial charge in [-0.3, -0.25) is 0 Å². The first kappa shape index (κ1) is 27.4. The summed E-state index contributed by atoms with van der Waals surface area (Å²) in [6.45, 7) is 7.79. The molecule has 7 aromatic carbocycles. The maximum atomic E-state index is 10.5. The van der Waals surface area contributed by atoms with Crippen LogP contribution < -0.4 is 0 Å². The lowest BCUT2D eigenvalue weighted by Gasteiger charge is -2.16. The van der Waals surface area contributed by atoms with E-state index in [1.807, 2.05) is 36.4 Å². The van der Waals surface area contributed by atoms with Crippen molar-refractivity contribution >= 4 is 49.3 Å². The molecule has 2 aromatic heterocycles. The lowest BCUT2D eigenvalue weighted by atomic mass is 9.94. The van der Waals surface area contributed by atoms with Crippen LogP contribution in [0.15, 0.2) is 158 Å². The van der Waals surface area contributed by atoms with Crippen LogP contribution in [0.2, 0.25) is 0 Å². The fourth-order valence-electron chi connectivity index (χ4n) is 7.33. The molecule has 0 fully saturated rings. The number of rotatable bonds is 4. The summed E-state index contributed by atoms with van der Waals surface area (Å²) < 4.78 is 4.54. The number of benzene rings is 7. The lowest BCUT2D eigenvalue weighted by molar-refractivity contribution is 1.18. The molecule has 48 heavy (non-hydrogen) atoms. The SMILES string of the molecule is [C-]#[N+]c1cccc2c1c1ccccc1n2-c1cccc(-c2ccc(-c3ccccc3-n3c4ccccc4c4ccccc43)c(C#N)c2)c1. The molecule has 0 amide bonds. The molecule has 222 valence electrons.